The first-order chi connectivity index (χ1) is 7.49. The molecule has 16 heavy (non-hydrogen) atoms. The zero-order valence-corrected chi connectivity index (χ0v) is 11.7. The largest absolute Gasteiger partial charge is 0.214 e. The molecule has 0 bridgehead atoms. The van der Waals surface area contributed by atoms with E-state index in [1.807, 2.05) is 6.92 Å². The Hall–Kier alpha value is 0.200. The van der Waals surface area contributed by atoms with Gasteiger partial charge in [-0.15, -0.1) is 11.6 Å². The van der Waals surface area contributed by atoms with Gasteiger partial charge >= 0.3 is 0 Å². The van der Waals surface area contributed by atoms with Crippen molar-refractivity contribution in [3.63, 3.8) is 0 Å². The van der Waals surface area contributed by atoms with Crippen molar-refractivity contribution in [3.05, 3.63) is 0 Å². The van der Waals surface area contributed by atoms with Gasteiger partial charge in [-0.1, -0.05) is 26.2 Å². The monoisotopic (exact) mass is 267 g/mol. The number of alkyl halides is 1. The molecule has 2 unspecified atom stereocenters. The van der Waals surface area contributed by atoms with Crippen LogP contribution < -0.4 is 0 Å². The molecule has 0 radical (unpaired) electrons. The van der Waals surface area contributed by atoms with Crippen LogP contribution in [0.4, 0.5) is 0 Å². The summed E-state index contributed by atoms with van der Waals surface area (Å²) in [5.74, 6) is 0.250. The Bertz CT molecular complexity index is 305. The average Bonchev–Trinajstić information content (AvgIpc) is 2.26. The average molecular weight is 268 g/mol. The van der Waals surface area contributed by atoms with E-state index in [-0.39, 0.29) is 17.2 Å². The van der Waals surface area contributed by atoms with Crippen molar-refractivity contribution in [1.82, 2.24) is 4.31 Å². The van der Waals surface area contributed by atoms with Crippen LogP contribution in [0.2, 0.25) is 0 Å². The minimum absolute atomic E-state index is 0.00253. The SMILES string of the molecule is CCCCS(=O)(=O)N(C)C1CCCCC1Cl. The lowest BCUT2D eigenvalue weighted by Crippen LogP contribution is -2.45. The number of hydrogen-bond acceptors (Lipinski definition) is 2. The van der Waals surface area contributed by atoms with Crippen molar-refractivity contribution in [2.45, 2.75) is 56.9 Å². The van der Waals surface area contributed by atoms with Crippen LogP contribution >= 0.6 is 11.6 Å². The lowest BCUT2D eigenvalue weighted by molar-refractivity contribution is 0.290. The van der Waals surface area contributed by atoms with E-state index in [1.165, 1.54) is 4.31 Å². The Kier molecular flexibility index (Phi) is 5.54. The molecule has 1 saturated carbocycles. The highest BCUT2D eigenvalue weighted by Gasteiger charge is 2.32. The first-order valence-corrected chi connectivity index (χ1v) is 8.13. The number of hydrogen-bond donors (Lipinski definition) is 0. The number of halogens is 1. The van der Waals surface area contributed by atoms with Gasteiger partial charge in [0.1, 0.15) is 0 Å². The van der Waals surface area contributed by atoms with Gasteiger partial charge in [0.05, 0.1) is 11.1 Å². The third-order valence-electron chi connectivity index (χ3n) is 3.31. The zero-order chi connectivity index (χ0) is 12.2. The van der Waals surface area contributed by atoms with Crippen LogP contribution in [0.25, 0.3) is 0 Å². The lowest BCUT2D eigenvalue weighted by Gasteiger charge is -2.34. The predicted molar refractivity (Wildman–Crippen MR) is 68.4 cm³/mol. The topological polar surface area (TPSA) is 37.4 Å². The fourth-order valence-corrected chi connectivity index (χ4v) is 4.28. The van der Waals surface area contributed by atoms with Gasteiger partial charge in [0.15, 0.2) is 0 Å². The molecule has 0 spiro atoms. The summed E-state index contributed by atoms with van der Waals surface area (Å²) in [5, 5.41) is -0.0184. The molecule has 1 fully saturated rings. The highest BCUT2D eigenvalue weighted by molar-refractivity contribution is 7.89. The third kappa shape index (κ3) is 3.60. The number of sulfonamides is 1. The van der Waals surface area contributed by atoms with Gasteiger partial charge in [0.2, 0.25) is 10.0 Å². The maximum absolute atomic E-state index is 12.0. The van der Waals surface area contributed by atoms with E-state index in [9.17, 15) is 8.42 Å². The first kappa shape index (κ1) is 14.3. The summed E-state index contributed by atoms with van der Waals surface area (Å²) < 4.78 is 25.5. The fourth-order valence-electron chi connectivity index (χ4n) is 2.15. The normalized spacial score (nSPS) is 27.2. The number of unbranched alkanes of at least 4 members (excludes halogenated alkanes) is 1. The van der Waals surface area contributed by atoms with Crippen LogP contribution in [0.3, 0.4) is 0 Å². The Morgan fingerprint density at radius 1 is 1.31 bits per heavy atom. The minimum Gasteiger partial charge on any atom is -0.212 e. The minimum atomic E-state index is -3.11. The van der Waals surface area contributed by atoms with Crippen molar-refractivity contribution < 1.29 is 8.42 Å². The van der Waals surface area contributed by atoms with Crippen molar-refractivity contribution in [2.24, 2.45) is 0 Å². The Morgan fingerprint density at radius 2 is 1.94 bits per heavy atom. The molecule has 0 heterocycles. The summed E-state index contributed by atoms with van der Waals surface area (Å²) in [5.41, 5.74) is 0. The Labute approximate surface area is 104 Å². The van der Waals surface area contributed by atoms with Crippen molar-refractivity contribution >= 4 is 21.6 Å². The summed E-state index contributed by atoms with van der Waals surface area (Å²) in [6.07, 6.45) is 5.67. The van der Waals surface area contributed by atoms with Gasteiger partial charge in [-0.3, -0.25) is 0 Å². The Morgan fingerprint density at radius 3 is 2.50 bits per heavy atom. The van der Waals surface area contributed by atoms with Crippen LogP contribution in [-0.4, -0.2) is 36.9 Å². The molecule has 3 nitrogen and oxygen atoms in total. The summed E-state index contributed by atoms with van der Waals surface area (Å²) >= 11 is 6.21. The maximum Gasteiger partial charge on any atom is 0.214 e. The van der Waals surface area contributed by atoms with E-state index < -0.39 is 10.0 Å². The zero-order valence-electron chi connectivity index (χ0n) is 10.2. The molecule has 0 N–H and O–H groups in total. The standard InChI is InChI=1S/C11H22ClNO2S/c1-3-4-9-16(14,15)13(2)11-8-6-5-7-10(11)12/h10-11H,3-9H2,1-2H3. The van der Waals surface area contributed by atoms with Crippen molar-refractivity contribution in [3.8, 4) is 0 Å². The third-order valence-corrected chi connectivity index (χ3v) is 5.77. The van der Waals surface area contributed by atoms with Crippen LogP contribution in [0.15, 0.2) is 0 Å². The molecular weight excluding hydrogens is 246 g/mol. The maximum atomic E-state index is 12.0. The summed E-state index contributed by atoms with van der Waals surface area (Å²) in [6.45, 7) is 2.00. The number of rotatable bonds is 5. The highest BCUT2D eigenvalue weighted by Crippen LogP contribution is 2.28. The van der Waals surface area contributed by atoms with E-state index >= 15 is 0 Å². The lowest BCUT2D eigenvalue weighted by atomic mass is 9.95. The highest BCUT2D eigenvalue weighted by atomic mass is 35.5. The summed E-state index contributed by atoms with van der Waals surface area (Å²) in [4.78, 5) is 0. The van der Waals surface area contributed by atoms with Gasteiger partial charge < -0.3 is 0 Å². The van der Waals surface area contributed by atoms with E-state index in [4.69, 9.17) is 11.6 Å². The van der Waals surface area contributed by atoms with Crippen LogP contribution in [0.1, 0.15) is 45.4 Å². The van der Waals surface area contributed by atoms with Crippen molar-refractivity contribution in [2.75, 3.05) is 12.8 Å². The van der Waals surface area contributed by atoms with E-state index in [0.717, 1.165) is 38.5 Å². The van der Waals surface area contributed by atoms with Crippen molar-refractivity contribution in [1.29, 1.82) is 0 Å². The van der Waals surface area contributed by atoms with Gasteiger partial charge in [-0.25, -0.2) is 12.7 Å². The van der Waals surface area contributed by atoms with Gasteiger partial charge in [0.25, 0.3) is 0 Å². The van der Waals surface area contributed by atoms with Gasteiger partial charge in [-0.2, -0.15) is 0 Å². The first-order valence-electron chi connectivity index (χ1n) is 6.09. The molecule has 0 aromatic heterocycles. The smallest absolute Gasteiger partial charge is 0.212 e. The van der Waals surface area contributed by atoms with Crippen LogP contribution in [0, 0.1) is 0 Å². The molecule has 96 valence electrons. The van der Waals surface area contributed by atoms with Crippen LogP contribution in [0.5, 0.6) is 0 Å². The van der Waals surface area contributed by atoms with E-state index in [2.05, 4.69) is 0 Å². The molecule has 0 aromatic carbocycles. The second kappa shape index (κ2) is 6.22. The van der Waals surface area contributed by atoms with Gasteiger partial charge in [-0.05, 0) is 19.3 Å². The molecule has 0 amide bonds. The molecule has 0 aliphatic heterocycles. The summed E-state index contributed by atoms with van der Waals surface area (Å²) in [7, 11) is -1.43. The number of nitrogens with zero attached hydrogens (tertiary/aromatic N) is 1. The van der Waals surface area contributed by atoms with Gasteiger partial charge in [0, 0.05) is 13.1 Å². The fraction of sp³-hybridized carbons (Fsp3) is 1.00. The van der Waals surface area contributed by atoms with Crippen LogP contribution in [-0.2, 0) is 10.0 Å². The second-order valence-corrected chi connectivity index (χ2v) is 7.26. The molecule has 0 saturated heterocycles. The molecule has 0 aromatic rings. The molecule has 1 aliphatic carbocycles. The molecule has 5 heteroatoms. The molecular formula is C11H22ClNO2S. The molecule has 1 rings (SSSR count). The Balaban J connectivity index is 2.64. The quantitative estimate of drug-likeness (QED) is 0.718. The van der Waals surface area contributed by atoms with E-state index in [1.54, 1.807) is 7.05 Å². The van der Waals surface area contributed by atoms with E-state index in [0.29, 0.717) is 0 Å². The summed E-state index contributed by atoms with van der Waals surface area (Å²) in [6, 6.07) is -0.00253. The second-order valence-electron chi connectivity index (χ2n) is 4.55. The molecule has 1 aliphatic rings. The predicted octanol–water partition coefficient (Wildman–Crippen LogP) is 2.60. The molecule has 2 atom stereocenters.